The lowest BCUT2D eigenvalue weighted by Crippen LogP contribution is -2.23. The molecule has 0 aliphatic heterocycles. The predicted octanol–water partition coefficient (Wildman–Crippen LogP) is 3.92. The Labute approximate surface area is 133 Å². The molecule has 2 N–H and O–H groups in total. The van der Waals surface area contributed by atoms with Gasteiger partial charge in [-0.2, -0.15) is 0 Å². The van der Waals surface area contributed by atoms with Gasteiger partial charge in [-0.25, -0.2) is 4.79 Å². The van der Waals surface area contributed by atoms with Gasteiger partial charge in [0.1, 0.15) is 5.75 Å². The van der Waals surface area contributed by atoms with Gasteiger partial charge in [-0.15, -0.1) is 0 Å². The predicted molar refractivity (Wildman–Crippen MR) is 90.0 cm³/mol. The summed E-state index contributed by atoms with van der Waals surface area (Å²) in [7, 11) is 1.57. The fraction of sp³-hybridized carbons (Fsp3) is 0.588. The number of hydrogen-bond acceptors (Lipinski definition) is 3. The minimum absolute atomic E-state index is 0.0702. The molecule has 0 aliphatic rings. The van der Waals surface area contributed by atoms with Crippen molar-refractivity contribution >= 4 is 11.8 Å². The molecule has 0 unspecified atom stereocenters. The van der Waals surface area contributed by atoms with E-state index < -0.39 is 6.09 Å². The number of rotatable bonds is 6. The second kappa shape index (κ2) is 7.49. The Kier molecular flexibility index (Phi) is 6.23. The molecule has 1 rings (SSSR count). The van der Waals surface area contributed by atoms with E-state index in [0.29, 0.717) is 11.4 Å². The minimum Gasteiger partial charge on any atom is -0.494 e. The van der Waals surface area contributed by atoms with Crippen molar-refractivity contribution in [2.75, 3.05) is 25.5 Å². The molecule has 0 atom stereocenters. The molecule has 0 saturated heterocycles. The number of methoxy groups -OCH3 is 1. The van der Waals surface area contributed by atoms with Gasteiger partial charge >= 0.3 is 6.09 Å². The monoisotopic (exact) mass is 308 g/mol. The Morgan fingerprint density at radius 3 is 2.27 bits per heavy atom. The highest BCUT2D eigenvalue weighted by atomic mass is 16.5. The molecule has 5 heteroatoms. The van der Waals surface area contributed by atoms with Crippen LogP contribution in [0.4, 0.5) is 10.5 Å². The number of anilines is 1. The first-order valence-electron chi connectivity index (χ1n) is 7.66. The van der Waals surface area contributed by atoms with Gasteiger partial charge in [-0.3, -0.25) is 10.2 Å². The lowest BCUT2D eigenvalue weighted by molar-refractivity contribution is 0.209. The van der Waals surface area contributed by atoms with Crippen molar-refractivity contribution in [2.24, 2.45) is 0 Å². The van der Waals surface area contributed by atoms with Crippen LogP contribution in [0.2, 0.25) is 0 Å². The van der Waals surface area contributed by atoms with E-state index in [1.165, 1.54) is 0 Å². The molecule has 1 aromatic rings. The maximum Gasteiger partial charge on any atom is 0.409 e. The van der Waals surface area contributed by atoms with Crippen molar-refractivity contribution in [1.29, 1.82) is 0 Å². The quantitative estimate of drug-likeness (QED) is 0.836. The Balaban J connectivity index is 3.40. The van der Waals surface area contributed by atoms with Crippen LogP contribution < -0.4 is 10.1 Å². The minimum atomic E-state index is -1.09. The van der Waals surface area contributed by atoms with Gasteiger partial charge in [0, 0.05) is 12.1 Å². The molecule has 0 fully saturated rings. The molecule has 0 heterocycles. The summed E-state index contributed by atoms with van der Waals surface area (Å²) in [5.74, 6) is 0.599. The summed E-state index contributed by atoms with van der Waals surface area (Å²) in [6, 6.07) is 3.98. The summed E-state index contributed by atoms with van der Waals surface area (Å²) in [6.45, 7) is 13.2. The SMILES string of the molecule is CCN(CC)Cc1cc(C(C)(C)C)cc(NC(=O)O)c1OC. The average molecular weight is 308 g/mol. The molecular formula is C17H28N2O3. The van der Waals surface area contributed by atoms with Crippen LogP contribution in [0.1, 0.15) is 45.7 Å². The van der Waals surface area contributed by atoms with Crippen LogP contribution in [-0.2, 0) is 12.0 Å². The molecule has 0 radical (unpaired) electrons. The first kappa shape index (κ1) is 18.3. The number of hydrogen-bond donors (Lipinski definition) is 2. The van der Waals surface area contributed by atoms with Crippen LogP contribution in [0.5, 0.6) is 5.75 Å². The smallest absolute Gasteiger partial charge is 0.409 e. The molecule has 22 heavy (non-hydrogen) atoms. The zero-order valence-corrected chi connectivity index (χ0v) is 14.5. The van der Waals surface area contributed by atoms with Crippen LogP contribution in [0, 0.1) is 0 Å². The molecule has 1 aromatic carbocycles. The van der Waals surface area contributed by atoms with E-state index in [1.54, 1.807) is 7.11 Å². The highest BCUT2D eigenvalue weighted by Gasteiger charge is 2.21. The maximum atomic E-state index is 11.1. The van der Waals surface area contributed by atoms with Crippen molar-refractivity contribution in [2.45, 2.75) is 46.6 Å². The van der Waals surface area contributed by atoms with Crippen molar-refractivity contribution in [3.8, 4) is 5.75 Å². The third-order valence-corrected chi connectivity index (χ3v) is 3.77. The van der Waals surface area contributed by atoms with Crippen LogP contribution in [-0.4, -0.2) is 36.3 Å². The topological polar surface area (TPSA) is 61.8 Å². The average Bonchev–Trinajstić information content (AvgIpc) is 2.42. The van der Waals surface area contributed by atoms with Gasteiger partial charge < -0.3 is 9.84 Å². The van der Waals surface area contributed by atoms with Crippen molar-refractivity contribution in [3.05, 3.63) is 23.3 Å². The largest absolute Gasteiger partial charge is 0.494 e. The number of amides is 1. The third-order valence-electron chi connectivity index (χ3n) is 3.77. The highest BCUT2D eigenvalue weighted by molar-refractivity contribution is 5.86. The summed E-state index contributed by atoms with van der Waals surface area (Å²) in [6.07, 6.45) is -1.09. The number of nitrogens with zero attached hydrogens (tertiary/aromatic N) is 1. The van der Waals surface area contributed by atoms with E-state index in [1.807, 2.05) is 6.07 Å². The third kappa shape index (κ3) is 4.63. The van der Waals surface area contributed by atoms with Gasteiger partial charge in [-0.05, 0) is 30.1 Å². The number of benzene rings is 1. The summed E-state index contributed by atoms with van der Waals surface area (Å²) >= 11 is 0. The molecule has 0 aliphatic carbocycles. The molecule has 0 spiro atoms. The maximum absolute atomic E-state index is 11.1. The van der Waals surface area contributed by atoms with E-state index in [4.69, 9.17) is 9.84 Å². The summed E-state index contributed by atoms with van der Waals surface area (Å²) in [5.41, 5.74) is 2.52. The molecule has 0 bridgehead atoms. The van der Waals surface area contributed by atoms with Crippen LogP contribution in [0.15, 0.2) is 12.1 Å². The van der Waals surface area contributed by atoms with E-state index >= 15 is 0 Å². The number of nitrogens with one attached hydrogen (secondary N) is 1. The normalized spacial score (nSPS) is 11.6. The fourth-order valence-corrected chi connectivity index (χ4v) is 2.38. The Bertz CT molecular complexity index is 517. The summed E-state index contributed by atoms with van der Waals surface area (Å²) in [4.78, 5) is 13.3. The molecule has 124 valence electrons. The molecule has 0 aromatic heterocycles. The Hall–Kier alpha value is -1.75. The fourth-order valence-electron chi connectivity index (χ4n) is 2.38. The van der Waals surface area contributed by atoms with Gasteiger partial charge in [0.2, 0.25) is 0 Å². The summed E-state index contributed by atoms with van der Waals surface area (Å²) in [5, 5.41) is 11.5. The Morgan fingerprint density at radius 2 is 1.86 bits per heavy atom. The first-order chi connectivity index (χ1) is 10.2. The number of ether oxygens (including phenoxy) is 1. The molecule has 5 nitrogen and oxygen atoms in total. The molecular weight excluding hydrogens is 280 g/mol. The van der Waals surface area contributed by atoms with Gasteiger partial charge in [0.25, 0.3) is 0 Å². The number of carboxylic acid groups (broad SMARTS) is 1. The van der Waals surface area contributed by atoms with E-state index in [2.05, 4.69) is 50.9 Å². The van der Waals surface area contributed by atoms with E-state index in [9.17, 15) is 4.79 Å². The molecule has 1 amide bonds. The first-order valence-corrected chi connectivity index (χ1v) is 7.66. The van der Waals surface area contributed by atoms with Gasteiger partial charge in [0.15, 0.2) is 0 Å². The van der Waals surface area contributed by atoms with E-state index in [0.717, 1.165) is 30.8 Å². The Morgan fingerprint density at radius 1 is 1.27 bits per heavy atom. The zero-order valence-electron chi connectivity index (χ0n) is 14.5. The lowest BCUT2D eigenvalue weighted by atomic mass is 9.85. The molecule has 0 saturated carbocycles. The van der Waals surface area contributed by atoms with Gasteiger partial charge in [0.05, 0.1) is 12.8 Å². The lowest BCUT2D eigenvalue weighted by Gasteiger charge is -2.26. The highest BCUT2D eigenvalue weighted by Crippen LogP contribution is 2.36. The number of carbonyl (C=O) groups is 1. The zero-order chi connectivity index (χ0) is 16.9. The van der Waals surface area contributed by atoms with Crippen LogP contribution in [0.3, 0.4) is 0 Å². The van der Waals surface area contributed by atoms with Crippen LogP contribution >= 0.6 is 0 Å². The van der Waals surface area contributed by atoms with Crippen molar-refractivity contribution < 1.29 is 14.6 Å². The standard InChI is InChI=1S/C17H28N2O3/c1-7-19(8-2)11-12-9-13(17(3,4)5)10-14(15(12)22-6)18-16(20)21/h9-10,18H,7-8,11H2,1-6H3,(H,20,21). The van der Waals surface area contributed by atoms with Crippen molar-refractivity contribution in [3.63, 3.8) is 0 Å². The summed E-state index contributed by atoms with van der Waals surface area (Å²) < 4.78 is 5.48. The second-order valence-corrected chi connectivity index (χ2v) is 6.36. The second-order valence-electron chi connectivity index (χ2n) is 6.36. The van der Waals surface area contributed by atoms with Crippen LogP contribution in [0.25, 0.3) is 0 Å². The van der Waals surface area contributed by atoms with Crippen molar-refractivity contribution in [1.82, 2.24) is 4.90 Å². The van der Waals surface area contributed by atoms with E-state index in [-0.39, 0.29) is 5.41 Å². The van der Waals surface area contributed by atoms with Gasteiger partial charge in [-0.1, -0.05) is 40.7 Å².